The first-order valence-electron chi connectivity index (χ1n) is 10.7. The van der Waals surface area contributed by atoms with Crippen molar-refractivity contribution in [2.24, 2.45) is 0 Å². The number of nitrogens with zero attached hydrogens (tertiary/aromatic N) is 4. The highest BCUT2D eigenvalue weighted by atomic mass is 19.4. The Kier molecular flexibility index (Phi) is 6.43. The fourth-order valence-corrected chi connectivity index (χ4v) is 4.38. The molecule has 32 heavy (non-hydrogen) atoms. The van der Waals surface area contributed by atoms with Gasteiger partial charge in [0, 0.05) is 26.3 Å². The highest BCUT2D eigenvalue weighted by Gasteiger charge is 2.47. The van der Waals surface area contributed by atoms with Crippen LogP contribution in [0.15, 0.2) is 41.2 Å². The summed E-state index contributed by atoms with van der Waals surface area (Å²) in [5, 5.41) is 0. The number of halogens is 3. The van der Waals surface area contributed by atoms with Gasteiger partial charge in [-0.25, -0.2) is 0 Å². The SMILES string of the molecule is COC(CN1c2nc(N3CCOC[C@H]3C)cc(=O)n2CC[C@H]1C(F)(F)F)c1ccccc1. The van der Waals surface area contributed by atoms with Gasteiger partial charge >= 0.3 is 6.18 Å². The number of methoxy groups -OCH3 is 1. The van der Waals surface area contributed by atoms with Gasteiger partial charge in [0.2, 0.25) is 5.95 Å². The Balaban J connectivity index is 1.77. The van der Waals surface area contributed by atoms with Crippen LogP contribution >= 0.6 is 0 Å². The third kappa shape index (κ3) is 4.47. The Labute approximate surface area is 184 Å². The molecule has 4 rings (SSSR count). The van der Waals surface area contributed by atoms with Gasteiger partial charge in [-0.1, -0.05) is 30.3 Å². The Morgan fingerprint density at radius 2 is 2.00 bits per heavy atom. The topological polar surface area (TPSA) is 59.8 Å². The summed E-state index contributed by atoms with van der Waals surface area (Å²) < 4.78 is 54.4. The van der Waals surface area contributed by atoms with Crippen molar-refractivity contribution in [3.8, 4) is 0 Å². The highest BCUT2D eigenvalue weighted by molar-refractivity contribution is 5.48. The summed E-state index contributed by atoms with van der Waals surface area (Å²) in [6.45, 7) is 3.27. The van der Waals surface area contributed by atoms with Gasteiger partial charge in [-0.05, 0) is 18.9 Å². The first-order chi connectivity index (χ1) is 15.3. The van der Waals surface area contributed by atoms with Gasteiger partial charge < -0.3 is 19.3 Å². The second-order valence-electron chi connectivity index (χ2n) is 8.16. The second-order valence-corrected chi connectivity index (χ2v) is 8.16. The van der Waals surface area contributed by atoms with Crippen LogP contribution in [-0.2, 0) is 16.0 Å². The van der Waals surface area contributed by atoms with E-state index in [2.05, 4.69) is 4.98 Å². The Morgan fingerprint density at radius 1 is 1.25 bits per heavy atom. The van der Waals surface area contributed by atoms with E-state index in [1.165, 1.54) is 22.6 Å². The van der Waals surface area contributed by atoms with Gasteiger partial charge in [0.25, 0.3) is 5.56 Å². The molecule has 174 valence electrons. The molecule has 1 fully saturated rings. The quantitative estimate of drug-likeness (QED) is 0.695. The molecule has 0 amide bonds. The van der Waals surface area contributed by atoms with E-state index in [4.69, 9.17) is 9.47 Å². The van der Waals surface area contributed by atoms with Crippen molar-refractivity contribution < 1.29 is 22.6 Å². The van der Waals surface area contributed by atoms with Crippen LogP contribution in [0.1, 0.15) is 25.0 Å². The fourth-order valence-electron chi connectivity index (χ4n) is 4.38. The van der Waals surface area contributed by atoms with E-state index in [0.717, 1.165) is 5.56 Å². The van der Waals surface area contributed by atoms with Crippen LogP contribution in [0.2, 0.25) is 0 Å². The summed E-state index contributed by atoms with van der Waals surface area (Å²) in [4.78, 5) is 20.6. The third-order valence-electron chi connectivity index (χ3n) is 6.09. The van der Waals surface area contributed by atoms with Crippen molar-refractivity contribution in [3.05, 3.63) is 52.3 Å². The number of morpholine rings is 1. The zero-order valence-corrected chi connectivity index (χ0v) is 18.1. The Hall–Kier alpha value is -2.59. The zero-order valence-electron chi connectivity index (χ0n) is 18.1. The van der Waals surface area contributed by atoms with Gasteiger partial charge in [-0.15, -0.1) is 0 Å². The van der Waals surface area contributed by atoms with Crippen molar-refractivity contribution >= 4 is 11.8 Å². The van der Waals surface area contributed by atoms with Crippen LogP contribution in [0, 0.1) is 0 Å². The lowest BCUT2D eigenvalue weighted by Gasteiger charge is -2.41. The smallest absolute Gasteiger partial charge is 0.377 e. The lowest BCUT2D eigenvalue weighted by Crippen LogP contribution is -2.54. The lowest BCUT2D eigenvalue weighted by atomic mass is 10.1. The monoisotopic (exact) mass is 452 g/mol. The number of hydrogen-bond acceptors (Lipinski definition) is 6. The normalized spacial score (nSPS) is 22.5. The minimum atomic E-state index is -4.47. The van der Waals surface area contributed by atoms with Crippen LogP contribution in [0.4, 0.5) is 24.9 Å². The van der Waals surface area contributed by atoms with E-state index in [-0.39, 0.29) is 37.1 Å². The first-order valence-corrected chi connectivity index (χ1v) is 10.7. The summed E-state index contributed by atoms with van der Waals surface area (Å²) in [7, 11) is 1.47. The van der Waals surface area contributed by atoms with Crippen molar-refractivity contribution in [3.63, 3.8) is 0 Å². The molecule has 0 bridgehead atoms. The number of ether oxygens (including phenoxy) is 2. The molecule has 10 heteroatoms. The predicted octanol–water partition coefficient (Wildman–Crippen LogP) is 3.00. The van der Waals surface area contributed by atoms with Crippen molar-refractivity contribution in [1.82, 2.24) is 9.55 Å². The maximum atomic E-state index is 14.0. The van der Waals surface area contributed by atoms with E-state index in [0.29, 0.717) is 25.6 Å². The standard InChI is InChI=1S/C22H27F3N4O3/c1-15-14-32-11-10-27(15)19-12-20(30)28-9-8-18(22(23,24)25)29(21(28)26-19)13-17(31-2)16-6-4-3-5-7-16/h3-7,12,15,17-18H,8-11,13-14H2,1-2H3/t15-,17?,18+/m1/s1. The highest BCUT2D eigenvalue weighted by Crippen LogP contribution is 2.36. The molecule has 1 saturated heterocycles. The van der Waals surface area contributed by atoms with Gasteiger partial charge in [0.05, 0.1) is 31.9 Å². The summed E-state index contributed by atoms with van der Waals surface area (Å²) in [5.41, 5.74) is 0.399. The molecule has 1 aromatic carbocycles. The number of hydrogen-bond donors (Lipinski definition) is 0. The summed E-state index contributed by atoms with van der Waals surface area (Å²) in [6.07, 6.45) is -5.31. The number of benzene rings is 1. The molecule has 0 aliphatic carbocycles. The molecule has 0 radical (unpaired) electrons. The Morgan fingerprint density at radius 3 is 2.66 bits per heavy atom. The van der Waals surface area contributed by atoms with Crippen LogP contribution in [-0.4, -0.2) is 61.2 Å². The van der Waals surface area contributed by atoms with E-state index in [1.54, 1.807) is 0 Å². The largest absolute Gasteiger partial charge is 0.408 e. The molecular formula is C22H27F3N4O3. The molecule has 3 atom stereocenters. The van der Waals surface area contributed by atoms with Gasteiger partial charge in [-0.2, -0.15) is 18.2 Å². The molecule has 1 aromatic heterocycles. The number of anilines is 2. The molecule has 7 nitrogen and oxygen atoms in total. The zero-order chi connectivity index (χ0) is 22.9. The number of fused-ring (bicyclic) bond motifs is 1. The first kappa shape index (κ1) is 22.6. The van der Waals surface area contributed by atoms with Gasteiger partial charge in [0.15, 0.2) is 0 Å². The maximum absolute atomic E-state index is 14.0. The number of alkyl halides is 3. The minimum absolute atomic E-state index is 0.0257. The van der Waals surface area contributed by atoms with Crippen LogP contribution in [0.25, 0.3) is 0 Å². The molecule has 2 aromatic rings. The summed E-state index contributed by atoms with van der Waals surface area (Å²) in [5.74, 6) is 0.399. The average Bonchev–Trinajstić information content (AvgIpc) is 2.77. The molecule has 0 spiro atoms. The van der Waals surface area contributed by atoms with Crippen LogP contribution in [0.3, 0.4) is 0 Å². The third-order valence-corrected chi connectivity index (χ3v) is 6.09. The molecule has 0 saturated carbocycles. The average molecular weight is 452 g/mol. The Bertz CT molecular complexity index is 983. The molecular weight excluding hydrogens is 425 g/mol. The second kappa shape index (κ2) is 9.11. The lowest BCUT2D eigenvalue weighted by molar-refractivity contribution is -0.153. The van der Waals surface area contributed by atoms with Crippen molar-refractivity contribution in [1.29, 1.82) is 0 Å². The van der Waals surface area contributed by atoms with Crippen molar-refractivity contribution in [2.45, 2.75) is 44.3 Å². The van der Waals surface area contributed by atoms with E-state index >= 15 is 0 Å². The fraction of sp³-hybridized carbons (Fsp3) is 0.545. The molecule has 3 heterocycles. The number of rotatable bonds is 5. The maximum Gasteiger partial charge on any atom is 0.408 e. The molecule has 2 aliphatic heterocycles. The van der Waals surface area contributed by atoms with E-state index in [1.807, 2.05) is 42.2 Å². The van der Waals surface area contributed by atoms with E-state index in [9.17, 15) is 18.0 Å². The number of aromatic nitrogens is 2. The summed E-state index contributed by atoms with van der Waals surface area (Å²) >= 11 is 0. The van der Waals surface area contributed by atoms with Crippen LogP contribution < -0.4 is 15.4 Å². The molecule has 0 N–H and O–H groups in total. The van der Waals surface area contributed by atoms with Gasteiger partial charge in [-0.3, -0.25) is 9.36 Å². The van der Waals surface area contributed by atoms with Crippen LogP contribution in [0.5, 0.6) is 0 Å². The van der Waals surface area contributed by atoms with Gasteiger partial charge in [0.1, 0.15) is 11.9 Å². The molecule has 2 aliphatic rings. The minimum Gasteiger partial charge on any atom is -0.377 e. The predicted molar refractivity (Wildman–Crippen MR) is 114 cm³/mol. The van der Waals surface area contributed by atoms with E-state index < -0.39 is 18.3 Å². The molecule has 1 unspecified atom stereocenters. The van der Waals surface area contributed by atoms with Crippen molar-refractivity contribution in [2.75, 3.05) is 43.2 Å². The summed E-state index contributed by atoms with van der Waals surface area (Å²) in [6, 6.07) is 8.70.